The Balaban J connectivity index is 1.61. The number of H-pyrrole nitrogens is 1. The highest BCUT2D eigenvalue weighted by Gasteiger charge is 2.49. The fraction of sp³-hybridized carbons (Fsp3) is 0.350. The van der Waals surface area contributed by atoms with Gasteiger partial charge in [-0.05, 0) is 23.8 Å². The molecular weight excluding hydrogens is 349 g/mol. The molecule has 2 aromatic rings. The van der Waals surface area contributed by atoms with Crippen LogP contribution in [-0.2, 0) is 4.79 Å². The van der Waals surface area contributed by atoms with Crippen LogP contribution in [0.15, 0.2) is 47.3 Å². The lowest BCUT2D eigenvalue weighted by Crippen LogP contribution is -2.37. The zero-order valence-electron chi connectivity index (χ0n) is 14.9. The van der Waals surface area contributed by atoms with Crippen molar-refractivity contribution in [1.29, 1.82) is 0 Å². The molecule has 0 unspecified atom stereocenters. The molecule has 0 aliphatic carbocycles. The van der Waals surface area contributed by atoms with E-state index in [0.29, 0.717) is 19.6 Å². The number of aromatic nitrogens is 1. The minimum atomic E-state index is -0.341. The molecule has 140 valence electrons. The van der Waals surface area contributed by atoms with Gasteiger partial charge in [-0.15, -0.1) is 0 Å². The van der Waals surface area contributed by atoms with Gasteiger partial charge in [0.15, 0.2) is 0 Å². The second-order valence-corrected chi connectivity index (χ2v) is 7.23. The van der Waals surface area contributed by atoms with Crippen LogP contribution in [-0.4, -0.2) is 46.2 Å². The first-order valence-electron chi connectivity index (χ1n) is 8.95. The van der Waals surface area contributed by atoms with E-state index in [1.54, 1.807) is 28.0 Å². The molecule has 0 spiro atoms. The molecule has 3 heterocycles. The normalized spacial score (nSPS) is 24.1. The highest BCUT2D eigenvalue weighted by atomic mass is 19.1. The van der Waals surface area contributed by atoms with Crippen molar-refractivity contribution in [2.45, 2.75) is 13.0 Å². The molecule has 1 aromatic heterocycles. The lowest BCUT2D eigenvalue weighted by Gasteiger charge is -2.29. The molecule has 3 atom stereocenters. The third-order valence-electron chi connectivity index (χ3n) is 5.54. The van der Waals surface area contributed by atoms with Crippen molar-refractivity contribution in [2.24, 2.45) is 11.8 Å². The van der Waals surface area contributed by atoms with Crippen molar-refractivity contribution in [1.82, 2.24) is 14.8 Å². The average molecular weight is 369 g/mol. The summed E-state index contributed by atoms with van der Waals surface area (Å²) >= 11 is 0. The first kappa shape index (κ1) is 17.5. The Hall–Kier alpha value is -2.96. The van der Waals surface area contributed by atoms with Crippen LogP contribution in [0.4, 0.5) is 4.39 Å². The summed E-state index contributed by atoms with van der Waals surface area (Å²) in [5.74, 6) is -0.456. The predicted molar refractivity (Wildman–Crippen MR) is 96.5 cm³/mol. The molecule has 2 saturated heterocycles. The number of fused-ring (bicyclic) bond motifs is 1. The fourth-order valence-electron chi connectivity index (χ4n) is 4.40. The molecule has 4 rings (SSSR count). The third-order valence-corrected chi connectivity index (χ3v) is 5.54. The molecular formula is C20H20FN3O3. The summed E-state index contributed by atoms with van der Waals surface area (Å²) < 4.78 is 13.8. The molecule has 7 heteroatoms. The van der Waals surface area contributed by atoms with Crippen molar-refractivity contribution in [3.05, 3.63) is 69.9 Å². The maximum absolute atomic E-state index is 13.8. The Labute approximate surface area is 155 Å². The smallest absolute Gasteiger partial charge is 0.270 e. The van der Waals surface area contributed by atoms with Gasteiger partial charge in [0.05, 0.1) is 6.04 Å². The first-order chi connectivity index (χ1) is 12.9. The SMILES string of the molecule is CC(=O)N1C[C@H]2CN(C(=O)c3cccc(=O)[nH]3)C[C@H]2[C@@H]1c1cccc(F)c1. The van der Waals surface area contributed by atoms with Gasteiger partial charge in [0.2, 0.25) is 11.5 Å². The van der Waals surface area contributed by atoms with Crippen molar-refractivity contribution in [2.75, 3.05) is 19.6 Å². The summed E-state index contributed by atoms with van der Waals surface area (Å²) in [5, 5.41) is 0. The quantitative estimate of drug-likeness (QED) is 0.877. The summed E-state index contributed by atoms with van der Waals surface area (Å²) in [4.78, 5) is 42.4. The minimum Gasteiger partial charge on any atom is -0.337 e. The molecule has 2 aliphatic rings. The van der Waals surface area contributed by atoms with E-state index >= 15 is 0 Å². The van der Waals surface area contributed by atoms with Crippen molar-refractivity contribution < 1.29 is 14.0 Å². The van der Waals surface area contributed by atoms with Gasteiger partial charge in [0.1, 0.15) is 11.5 Å². The van der Waals surface area contributed by atoms with Gasteiger partial charge in [-0.1, -0.05) is 18.2 Å². The Morgan fingerprint density at radius 1 is 1.11 bits per heavy atom. The Kier molecular flexibility index (Phi) is 4.30. The van der Waals surface area contributed by atoms with E-state index in [4.69, 9.17) is 0 Å². The lowest BCUT2D eigenvalue weighted by molar-refractivity contribution is -0.130. The van der Waals surface area contributed by atoms with Gasteiger partial charge >= 0.3 is 0 Å². The van der Waals surface area contributed by atoms with E-state index in [0.717, 1.165) is 5.56 Å². The van der Waals surface area contributed by atoms with Gasteiger partial charge < -0.3 is 14.8 Å². The van der Waals surface area contributed by atoms with Crippen LogP contribution in [0.3, 0.4) is 0 Å². The molecule has 1 N–H and O–H groups in total. The van der Waals surface area contributed by atoms with Gasteiger partial charge in [-0.25, -0.2) is 4.39 Å². The molecule has 2 amide bonds. The van der Waals surface area contributed by atoms with Crippen molar-refractivity contribution in [3.63, 3.8) is 0 Å². The largest absolute Gasteiger partial charge is 0.337 e. The molecule has 0 radical (unpaired) electrons. The zero-order valence-corrected chi connectivity index (χ0v) is 14.9. The van der Waals surface area contributed by atoms with Crippen LogP contribution >= 0.6 is 0 Å². The molecule has 1 aromatic carbocycles. The van der Waals surface area contributed by atoms with E-state index in [-0.39, 0.29) is 46.8 Å². The van der Waals surface area contributed by atoms with Gasteiger partial charge in [0.25, 0.3) is 5.91 Å². The predicted octanol–water partition coefficient (Wildman–Crippen LogP) is 1.81. The second-order valence-electron chi connectivity index (χ2n) is 7.23. The van der Waals surface area contributed by atoms with Gasteiger partial charge in [-0.2, -0.15) is 0 Å². The number of carbonyl (C=O) groups is 2. The van der Waals surface area contributed by atoms with Crippen LogP contribution in [0.1, 0.15) is 29.0 Å². The first-order valence-corrected chi connectivity index (χ1v) is 8.95. The summed E-state index contributed by atoms with van der Waals surface area (Å²) in [7, 11) is 0. The van der Waals surface area contributed by atoms with E-state index in [1.165, 1.54) is 25.1 Å². The number of hydrogen-bond acceptors (Lipinski definition) is 3. The second kappa shape index (κ2) is 6.64. The van der Waals surface area contributed by atoms with E-state index in [2.05, 4.69) is 4.98 Å². The highest BCUT2D eigenvalue weighted by molar-refractivity contribution is 5.92. The van der Waals surface area contributed by atoms with Gasteiger partial charge in [0, 0.05) is 44.5 Å². The molecule has 6 nitrogen and oxygen atoms in total. The molecule has 0 bridgehead atoms. The fourth-order valence-corrected chi connectivity index (χ4v) is 4.40. The Morgan fingerprint density at radius 2 is 1.89 bits per heavy atom. The Morgan fingerprint density at radius 3 is 2.59 bits per heavy atom. The summed E-state index contributed by atoms with van der Waals surface area (Å²) in [6, 6.07) is 10.6. The monoisotopic (exact) mass is 369 g/mol. The molecule has 2 fully saturated rings. The van der Waals surface area contributed by atoms with Crippen LogP contribution < -0.4 is 5.56 Å². The van der Waals surface area contributed by atoms with E-state index in [1.807, 2.05) is 6.07 Å². The van der Waals surface area contributed by atoms with Crippen LogP contribution in [0.2, 0.25) is 0 Å². The highest BCUT2D eigenvalue weighted by Crippen LogP contribution is 2.45. The zero-order chi connectivity index (χ0) is 19.1. The van der Waals surface area contributed by atoms with E-state index < -0.39 is 0 Å². The number of likely N-dealkylation sites (tertiary alicyclic amines) is 2. The molecule has 0 saturated carbocycles. The number of rotatable bonds is 2. The third kappa shape index (κ3) is 3.13. The number of hydrogen-bond donors (Lipinski definition) is 1. The van der Waals surface area contributed by atoms with Crippen LogP contribution in [0.5, 0.6) is 0 Å². The van der Waals surface area contributed by atoms with Crippen molar-refractivity contribution in [3.8, 4) is 0 Å². The molecule has 27 heavy (non-hydrogen) atoms. The number of amides is 2. The summed E-state index contributed by atoms with van der Waals surface area (Å²) in [5.41, 5.74) is 0.689. The average Bonchev–Trinajstić information content (AvgIpc) is 3.18. The standard InChI is InChI=1S/C20H20FN3O3/c1-12(25)24-10-14-9-23(20(27)17-6-3-7-18(26)22-17)11-16(14)19(24)13-4-2-5-15(21)8-13/h2-8,14,16,19H,9-11H2,1H3,(H,22,26)/t14-,16-,19+/m1/s1. The van der Waals surface area contributed by atoms with Crippen molar-refractivity contribution >= 4 is 11.8 Å². The number of nitrogens with zero attached hydrogens (tertiary/aromatic N) is 2. The number of nitrogens with one attached hydrogen (secondary N) is 1. The summed E-state index contributed by atoms with van der Waals surface area (Å²) in [6.07, 6.45) is 0. The van der Waals surface area contributed by atoms with Crippen LogP contribution in [0, 0.1) is 17.7 Å². The molecule has 2 aliphatic heterocycles. The Bertz CT molecular complexity index is 957. The summed E-state index contributed by atoms with van der Waals surface area (Å²) in [6.45, 7) is 3.03. The number of pyridine rings is 1. The maximum atomic E-state index is 13.8. The van der Waals surface area contributed by atoms with Gasteiger partial charge in [-0.3, -0.25) is 14.4 Å². The topological polar surface area (TPSA) is 73.5 Å². The maximum Gasteiger partial charge on any atom is 0.270 e. The number of benzene rings is 1. The lowest BCUT2D eigenvalue weighted by atomic mass is 9.89. The van der Waals surface area contributed by atoms with E-state index in [9.17, 15) is 18.8 Å². The number of halogens is 1. The van der Waals surface area contributed by atoms with Crippen LogP contribution in [0.25, 0.3) is 0 Å². The number of carbonyl (C=O) groups excluding carboxylic acids is 2. The minimum absolute atomic E-state index is 0.0371. The number of aromatic amines is 1.